The zero-order valence-corrected chi connectivity index (χ0v) is 13.7. The molecule has 7 heteroatoms. The van der Waals surface area contributed by atoms with Crippen LogP contribution in [0.2, 0.25) is 0 Å². The third-order valence-electron chi connectivity index (χ3n) is 3.09. The minimum atomic E-state index is -0.600. The summed E-state index contributed by atoms with van der Waals surface area (Å²) in [5.74, 6) is -0.483. The number of hydrogen-bond acceptors (Lipinski definition) is 4. The van der Waals surface area contributed by atoms with Crippen LogP contribution in [0.4, 0.5) is 0 Å². The van der Waals surface area contributed by atoms with E-state index in [0.717, 1.165) is 5.56 Å². The maximum Gasteiger partial charge on any atom is 0.242 e. The first kappa shape index (κ1) is 20.4. The normalized spacial score (nSPS) is 12.7. The zero-order chi connectivity index (χ0) is 15.7. The third kappa shape index (κ3) is 7.40. The quantitative estimate of drug-likeness (QED) is 0.651. The van der Waals surface area contributed by atoms with Gasteiger partial charge in [0.25, 0.3) is 0 Å². The van der Waals surface area contributed by atoms with E-state index < -0.39 is 6.04 Å². The lowest BCUT2D eigenvalue weighted by atomic mass is 10.2. The SMILES string of the molecule is COC(CN)CC(=O)NC(C)C(=O)NCc1ccccc1.Cl. The zero-order valence-electron chi connectivity index (χ0n) is 12.9. The van der Waals surface area contributed by atoms with Crippen LogP contribution < -0.4 is 16.4 Å². The molecular weight excluding hydrogens is 306 g/mol. The summed E-state index contributed by atoms with van der Waals surface area (Å²) in [6, 6.07) is 8.98. The number of nitrogens with one attached hydrogen (secondary N) is 2. The van der Waals surface area contributed by atoms with Crippen LogP contribution in [-0.4, -0.2) is 37.6 Å². The van der Waals surface area contributed by atoms with Crippen molar-refractivity contribution in [2.75, 3.05) is 13.7 Å². The van der Waals surface area contributed by atoms with Crippen molar-refractivity contribution in [1.29, 1.82) is 0 Å². The van der Waals surface area contributed by atoms with Crippen molar-refractivity contribution >= 4 is 24.2 Å². The summed E-state index contributed by atoms with van der Waals surface area (Å²) in [6.07, 6.45) is -0.187. The number of amides is 2. The Hall–Kier alpha value is -1.63. The monoisotopic (exact) mass is 329 g/mol. The molecule has 0 fully saturated rings. The molecule has 6 nitrogen and oxygen atoms in total. The lowest BCUT2D eigenvalue weighted by Crippen LogP contribution is -2.45. The summed E-state index contributed by atoms with van der Waals surface area (Å²) < 4.78 is 5.03. The number of carbonyl (C=O) groups excluding carboxylic acids is 2. The molecule has 0 aliphatic carbocycles. The Labute approximate surface area is 137 Å². The van der Waals surface area contributed by atoms with Gasteiger partial charge in [-0.1, -0.05) is 30.3 Å². The number of hydrogen-bond donors (Lipinski definition) is 3. The first-order chi connectivity index (χ1) is 10.1. The molecule has 2 unspecified atom stereocenters. The van der Waals surface area contributed by atoms with Gasteiger partial charge < -0.3 is 21.1 Å². The van der Waals surface area contributed by atoms with E-state index in [9.17, 15) is 9.59 Å². The summed E-state index contributed by atoms with van der Waals surface area (Å²) in [6.45, 7) is 2.34. The Morgan fingerprint density at radius 3 is 2.45 bits per heavy atom. The van der Waals surface area contributed by atoms with Crippen LogP contribution in [0.3, 0.4) is 0 Å². The van der Waals surface area contributed by atoms with E-state index in [1.54, 1.807) is 6.92 Å². The van der Waals surface area contributed by atoms with Crippen molar-refractivity contribution in [3.8, 4) is 0 Å². The average molecular weight is 330 g/mol. The molecule has 0 aliphatic rings. The van der Waals surface area contributed by atoms with Gasteiger partial charge in [-0.05, 0) is 12.5 Å². The van der Waals surface area contributed by atoms with Crippen LogP contribution in [0, 0.1) is 0 Å². The summed E-state index contributed by atoms with van der Waals surface area (Å²) in [5, 5.41) is 5.40. The standard InChI is InChI=1S/C15H23N3O3.ClH/c1-11(18-14(19)8-13(9-16)21-2)15(20)17-10-12-6-4-3-5-7-12;/h3-7,11,13H,8-10,16H2,1-2H3,(H,17,20)(H,18,19);1H. The number of ether oxygens (including phenoxy) is 1. The van der Waals surface area contributed by atoms with Gasteiger partial charge in [0, 0.05) is 20.2 Å². The molecular formula is C15H24ClN3O3. The average Bonchev–Trinajstić information content (AvgIpc) is 2.51. The molecule has 0 radical (unpaired) electrons. The second kappa shape index (κ2) is 11.0. The van der Waals surface area contributed by atoms with E-state index in [1.165, 1.54) is 7.11 Å². The van der Waals surface area contributed by atoms with Crippen molar-refractivity contribution in [2.24, 2.45) is 5.73 Å². The van der Waals surface area contributed by atoms with Crippen LogP contribution in [-0.2, 0) is 20.9 Å². The van der Waals surface area contributed by atoms with Crippen LogP contribution in [0.5, 0.6) is 0 Å². The van der Waals surface area contributed by atoms with Crippen LogP contribution in [0.25, 0.3) is 0 Å². The molecule has 0 heterocycles. The van der Waals surface area contributed by atoms with Crippen LogP contribution in [0.15, 0.2) is 30.3 Å². The van der Waals surface area contributed by atoms with Crippen LogP contribution >= 0.6 is 12.4 Å². The molecule has 0 saturated heterocycles. The van der Waals surface area contributed by atoms with Gasteiger partial charge in [-0.15, -0.1) is 12.4 Å². The molecule has 2 amide bonds. The number of carbonyl (C=O) groups is 2. The minimum Gasteiger partial charge on any atom is -0.380 e. The molecule has 124 valence electrons. The maximum atomic E-state index is 11.9. The molecule has 0 aromatic heterocycles. The van der Waals surface area contributed by atoms with E-state index in [4.69, 9.17) is 10.5 Å². The second-order valence-electron chi connectivity index (χ2n) is 4.79. The molecule has 22 heavy (non-hydrogen) atoms. The molecule has 2 atom stereocenters. The predicted molar refractivity (Wildman–Crippen MR) is 87.6 cm³/mol. The summed E-state index contributed by atoms with van der Waals surface area (Å²) in [5.41, 5.74) is 6.46. The fourth-order valence-corrected chi connectivity index (χ4v) is 1.77. The van der Waals surface area contributed by atoms with Gasteiger partial charge in [0.15, 0.2) is 0 Å². The van der Waals surface area contributed by atoms with Crippen molar-refractivity contribution in [1.82, 2.24) is 10.6 Å². The molecule has 0 saturated carbocycles. The number of methoxy groups -OCH3 is 1. The smallest absolute Gasteiger partial charge is 0.242 e. The number of nitrogens with two attached hydrogens (primary N) is 1. The van der Waals surface area contributed by atoms with E-state index in [-0.39, 0.29) is 43.3 Å². The van der Waals surface area contributed by atoms with Gasteiger partial charge in [0.2, 0.25) is 11.8 Å². The van der Waals surface area contributed by atoms with Gasteiger partial charge in [0.1, 0.15) is 6.04 Å². The van der Waals surface area contributed by atoms with E-state index >= 15 is 0 Å². The Morgan fingerprint density at radius 1 is 1.27 bits per heavy atom. The maximum absolute atomic E-state index is 11.9. The topological polar surface area (TPSA) is 93.4 Å². The number of benzene rings is 1. The van der Waals surface area contributed by atoms with Gasteiger partial charge in [0.05, 0.1) is 12.5 Å². The molecule has 1 aromatic carbocycles. The second-order valence-corrected chi connectivity index (χ2v) is 4.79. The molecule has 0 aliphatic heterocycles. The van der Waals surface area contributed by atoms with Gasteiger partial charge in [-0.3, -0.25) is 9.59 Å². The van der Waals surface area contributed by atoms with Crippen molar-refractivity contribution in [2.45, 2.75) is 32.0 Å². The van der Waals surface area contributed by atoms with Crippen LogP contribution in [0.1, 0.15) is 18.9 Å². The van der Waals surface area contributed by atoms with Crippen molar-refractivity contribution < 1.29 is 14.3 Å². The Kier molecular flexibility index (Phi) is 10.2. The molecule has 1 rings (SSSR count). The summed E-state index contributed by atoms with van der Waals surface area (Å²) in [7, 11) is 1.50. The summed E-state index contributed by atoms with van der Waals surface area (Å²) >= 11 is 0. The molecule has 1 aromatic rings. The first-order valence-electron chi connectivity index (χ1n) is 6.90. The Bertz CT molecular complexity index is 453. The molecule has 4 N–H and O–H groups in total. The first-order valence-corrected chi connectivity index (χ1v) is 6.90. The van der Waals surface area contributed by atoms with E-state index in [2.05, 4.69) is 10.6 Å². The fourth-order valence-electron chi connectivity index (χ4n) is 1.77. The predicted octanol–water partition coefficient (Wildman–Crippen LogP) is 0.593. The lowest BCUT2D eigenvalue weighted by Gasteiger charge is -2.16. The summed E-state index contributed by atoms with van der Waals surface area (Å²) in [4.78, 5) is 23.6. The highest BCUT2D eigenvalue weighted by molar-refractivity contribution is 5.87. The highest BCUT2D eigenvalue weighted by Crippen LogP contribution is 1.98. The van der Waals surface area contributed by atoms with Crippen molar-refractivity contribution in [3.05, 3.63) is 35.9 Å². The minimum absolute atomic E-state index is 0. The lowest BCUT2D eigenvalue weighted by molar-refractivity contribution is -0.129. The van der Waals surface area contributed by atoms with Gasteiger partial charge >= 0.3 is 0 Å². The molecule has 0 spiro atoms. The number of halogens is 1. The largest absolute Gasteiger partial charge is 0.380 e. The van der Waals surface area contributed by atoms with Gasteiger partial charge in [-0.25, -0.2) is 0 Å². The Morgan fingerprint density at radius 2 is 1.91 bits per heavy atom. The van der Waals surface area contributed by atoms with E-state index in [0.29, 0.717) is 6.54 Å². The third-order valence-corrected chi connectivity index (χ3v) is 3.09. The fraction of sp³-hybridized carbons (Fsp3) is 0.467. The molecule has 0 bridgehead atoms. The Balaban J connectivity index is 0.00000441. The number of rotatable bonds is 8. The van der Waals surface area contributed by atoms with Crippen molar-refractivity contribution in [3.63, 3.8) is 0 Å². The van der Waals surface area contributed by atoms with E-state index in [1.807, 2.05) is 30.3 Å². The highest BCUT2D eigenvalue weighted by Gasteiger charge is 2.17. The highest BCUT2D eigenvalue weighted by atomic mass is 35.5. The van der Waals surface area contributed by atoms with Gasteiger partial charge in [-0.2, -0.15) is 0 Å².